The number of hydrogen-bond acceptors (Lipinski definition) is 4. The Labute approximate surface area is 186 Å². The third-order valence-electron chi connectivity index (χ3n) is 4.36. The van der Waals surface area contributed by atoms with E-state index in [1.54, 1.807) is 6.07 Å². The molecule has 3 aromatic rings. The zero-order valence-corrected chi connectivity index (χ0v) is 18.1. The minimum atomic E-state index is -5.11. The molecule has 0 fully saturated rings. The number of halogens is 4. The smallest absolute Gasteiger partial charge is 0.283 e. The summed E-state index contributed by atoms with van der Waals surface area (Å²) in [5.74, 6) is -1.09. The van der Waals surface area contributed by atoms with Gasteiger partial charge in [-0.15, -0.1) is 0 Å². The van der Waals surface area contributed by atoms with Crippen molar-refractivity contribution < 1.29 is 23.2 Å². The molecule has 0 saturated carbocycles. The second-order valence-corrected chi connectivity index (χ2v) is 9.26. The van der Waals surface area contributed by atoms with E-state index in [1.807, 2.05) is 0 Å². The fraction of sp³-hybridized carbons (Fsp3) is 0.0526. The summed E-state index contributed by atoms with van der Waals surface area (Å²) in [6.07, 6.45) is 0. The lowest BCUT2D eigenvalue weighted by Crippen LogP contribution is -2.39. The Morgan fingerprint density at radius 1 is 0.793 bits per heavy atom. The molecule has 0 aromatic heterocycles. The van der Waals surface area contributed by atoms with Crippen molar-refractivity contribution in [2.24, 2.45) is 0 Å². The molecule has 1 atom stereocenters. The van der Waals surface area contributed by atoms with Crippen LogP contribution in [0.5, 0.6) is 11.5 Å². The number of aromatic hydroxyl groups is 2. The first-order valence-electron chi connectivity index (χ1n) is 7.89. The Morgan fingerprint density at radius 3 is 1.97 bits per heavy atom. The second-order valence-electron chi connectivity index (χ2n) is 6.10. The molecule has 0 aliphatic rings. The normalized spacial score (nSPS) is 13.8. The molecule has 0 amide bonds. The zero-order chi connectivity index (χ0) is 21.6. The molecule has 1 unspecified atom stereocenters. The predicted octanol–water partition coefficient (Wildman–Crippen LogP) is 5.89. The maximum atomic E-state index is 13.0. The Balaban J connectivity index is 2.66. The van der Waals surface area contributed by atoms with Gasteiger partial charge in [-0.3, -0.25) is 4.55 Å². The third-order valence-corrected chi connectivity index (χ3v) is 7.22. The van der Waals surface area contributed by atoms with Gasteiger partial charge in [0.15, 0.2) is 4.75 Å². The summed E-state index contributed by atoms with van der Waals surface area (Å²) < 4.78 is 34.0. The molecule has 0 aliphatic heterocycles. The van der Waals surface area contributed by atoms with E-state index in [0.717, 1.165) is 12.1 Å². The quantitative estimate of drug-likeness (QED) is 0.239. The molecular formula is C19H12Cl4O5S. The summed E-state index contributed by atoms with van der Waals surface area (Å²) in [5, 5.41) is 19.5. The number of hydrogen-bond donors (Lipinski definition) is 3. The van der Waals surface area contributed by atoms with Gasteiger partial charge in [0.1, 0.15) is 11.5 Å². The maximum Gasteiger partial charge on any atom is 0.283 e. The van der Waals surface area contributed by atoms with Gasteiger partial charge in [0, 0.05) is 22.2 Å². The van der Waals surface area contributed by atoms with Crippen molar-refractivity contribution in [3.63, 3.8) is 0 Å². The topological polar surface area (TPSA) is 94.8 Å². The van der Waals surface area contributed by atoms with E-state index in [4.69, 9.17) is 46.4 Å². The second kappa shape index (κ2) is 7.87. The van der Waals surface area contributed by atoms with Gasteiger partial charge in [-0.25, -0.2) is 0 Å². The lowest BCUT2D eigenvalue weighted by atomic mass is 9.83. The molecule has 3 aromatic carbocycles. The molecule has 3 N–H and O–H groups in total. The zero-order valence-electron chi connectivity index (χ0n) is 14.3. The molecule has 0 aliphatic carbocycles. The Bertz CT molecular complexity index is 1140. The van der Waals surface area contributed by atoms with Crippen molar-refractivity contribution in [1.29, 1.82) is 0 Å². The van der Waals surface area contributed by atoms with Gasteiger partial charge in [0.2, 0.25) is 0 Å². The van der Waals surface area contributed by atoms with Crippen LogP contribution in [-0.2, 0) is 14.9 Å². The van der Waals surface area contributed by atoms with Crippen LogP contribution in [0.4, 0.5) is 0 Å². The van der Waals surface area contributed by atoms with Gasteiger partial charge in [0.25, 0.3) is 10.1 Å². The van der Waals surface area contributed by atoms with E-state index in [2.05, 4.69) is 0 Å². The molecule has 0 spiro atoms. The van der Waals surface area contributed by atoms with E-state index in [9.17, 15) is 23.2 Å². The van der Waals surface area contributed by atoms with Gasteiger partial charge >= 0.3 is 0 Å². The van der Waals surface area contributed by atoms with Gasteiger partial charge in [-0.1, -0.05) is 76.7 Å². The minimum Gasteiger partial charge on any atom is -0.508 e. The van der Waals surface area contributed by atoms with Crippen LogP contribution in [0.3, 0.4) is 0 Å². The van der Waals surface area contributed by atoms with Crippen molar-refractivity contribution in [1.82, 2.24) is 0 Å². The molecule has 0 heterocycles. The lowest BCUT2D eigenvalue weighted by molar-refractivity contribution is 0.444. The fourth-order valence-electron chi connectivity index (χ4n) is 3.22. The first kappa shape index (κ1) is 22.0. The largest absolute Gasteiger partial charge is 0.508 e. The van der Waals surface area contributed by atoms with Crippen molar-refractivity contribution in [2.75, 3.05) is 0 Å². The van der Waals surface area contributed by atoms with Crippen molar-refractivity contribution >= 4 is 56.5 Å². The third kappa shape index (κ3) is 3.65. The molecule has 3 rings (SSSR count). The molecular weight excluding hydrogens is 482 g/mol. The average Bonchev–Trinajstić information content (AvgIpc) is 2.63. The van der Waals surface area contributed by atoms with Crippen LogP contribution in [0.1, 0.15) is 16.7 Å². The molecule has 29 heavy (non-hydrogen) atoms. The van der Waals surface area contributed by atoms with E-state index in [-0.39, 0.29) is 31.8 Å². The van der Waals surface area contributed by atoms with Crippen LogP contribution in [-0.4, -0.2) is 23.2 Å². The first-order chi connectivity index (χ1) is 13.5. The SMILES string of the molecule is O=S(=O)(O)C(c1ccccc1)(c1cc(O)cc(O)c1Cl)c1cc(Cl)cc(Cl)c1Cl. The number of benzene rings is 3. The van der Waals surface area contributed by atoms with Crippen LogP contribution >= 0.6 is 46.4 Å². The van der Waals surface area contributed by atoms with Gasteiger partial charge < -0.3 is 10.2 Å². The van der Waals surface area contributed by atoms with E-state index in [1.165, 1.54) is 36.4 Å². The summed E-state index contributed by atoms with van der Waals surface area (Å²) in [6.45, 7) is 0. The Morgan fingerprint density at radius 2 is 1.38 bits per heavy atom. The highest BCUT2D eigenvalue weighted by Crippen LogP contribution is 2.52. The average molecular weight is 494 g/mol. The number of rotatable bonds is 4. The highest BCUT2D eigenvalue weighted by atomic mass is 35.5. The van der Waals surface area contributed by atoms with Crippen molar-refractivity contribution in [2.45, 2.75) is 4.75 Å². The standard InChI is InChI=1S/C19H12Cl4O5S/c20-11-6-13(17(22)15(21)7-11)19(29(26,27)28,10-4-2-1-3-5-10)14-8-12(24)9-16(25)18(14)23/h1-9,24-25H,(H,26,27,28). The molecule has 0 radical (unpaired) electrons. The minimum absolute atomic E-state index is 0.0228. The van der Waals surface area contributed by atoms with Crippen LogP contribution < -0.4 is 0 Å². The van der Waals surface area contributed by atoms with Crippen LogP contribution in [0.2, 0.25) is 20.1 Å². The maximum absolute atomic E-state index is 13.0. The number of phenolic OH excluding ortho intramolecular Hbond substituents is 2. The summed E-state index contributed by atoms with van der Waals surface area (Å²) in [5.41, 5.74) is -0.530. The van der Waals surface area contributed by atoms with E-state index < -0.39 is 31.4 Å². The van der Waals surface area contributed by atoms with Gasteiger partial charge in [-0.05, 0) is 23.8 Å². The molecule has 5 nitrogen and oxygen atoms in total. The summed E-state index contributed by atoms with van der Waals surface area (Å²) in [4.78, 5) is 0. The van der Waals surface area contributed by atoms with E-state index >= 15 is 0 Å². The van der Waals surface area contributed by atoms with Crippen LogP contribution in [0, 0.1) is 0 Å². The van der Waals surface area contributed by atoms with Crippen molar-refractivity contribution in [3.05, 3.63) is 91.4 Å². The highest BCUT2D eigenvalue weighted by molar-refractivity contribution is 7.87. The molecule has 10 heteroatoms. The molecule has 152 valence electrons. The highest BCUT2D eigenvalue weighted by Gasteiger charge is 2.51. The summed E-state index contributed by atoms with van der Waals surface area (Å²) >= 11 is 24.8. The Hall–Kier alpha value is -1.67. The number of phenols is 2. The predicted molar refractivity (Wildman–Crippen MR) is 114 cm³/mol. The van der Waals surface area contributed by atoms with Crippen LogP contribution in [0.15, 0.2) is 54.6 Å². The summed E-state index contributed by atoms with van der Waals surface area (Å²) in [6, 6.07) is 12.0. The van der Waals surface area contributed by atoms with Gasteiger partial charge in [0.05, 0.1) is 15.1 Å². The van der Waals surface area contributed by atoms with Crippen molar-refractivity contribution in [3.8, 4) is 11.5 Å². The monoisotopic (exact) mass is 492 g/mol. The first-order valence-corrected chi connectivity index (χ1v) is 10.8. The van der Waals surface area contributed by atoms with E-state index in [0.29, 0.717) is 0 Å². The van der Waals surface area contributed by atoms with Gasteiger partial charge in [-0.2, -0.15) is 8.42 Å². The molecule has 0 saturated heterocycles. The Kier molecular flexibility index (Phi) is 5.98. The van der Waals surface area contributed by atoms with Crippen LogP contribution in [0.25, 0.3) is 0 Å². The fourth-order valence-corrected chi connectivity index (χ4v) is 5.64. The lowest BCUT2D eigenvalue weighted by Gasteiger charge is -2.34. The summed E-state index contributed by atoms with van der Waals surface area (Å²) in [7, 11) is -5.11. The molecule has 0 bridgehead atoms.